The van der Waals surface area contributed by atoms with Crippen LogP contribution < -0.4 is 0 Å². The van der Waals surface area contributed by atoms with Crippen LogP contribution in [0.2, 0.25) is 36.3 Å². The van der Waals surface area contributed by atoms with Gasteiger partial charge in [-0.25, -0.2) is 4.79 Å². The third kappa shape index (κ3) is 10.5. The van der Waals surface area contributed by atoms with Gasteiger partial charge in [0.15, 0.2) is 22.9 Å². The van der Waals surface area contributed by atoms with Gasteiger partial charge in [0.1, 0.15) is 6.61 Å². The lowest BCUT2D eigenvalue weighted by molar-refractivity contribution is -0.268. The Labute approximate surface area is 245 Å². The van der Waals surface area contributed by atoms with Crippen molar-refractivity contribution in [3.05, 3.63) is 42.2 Å². The summed E-state index contributed by atoms with van der Waals surface area (Å²) in [6.07, 6.45) is 8.01. The van der Waals surface area contributed by atoms with E-state index in [0.29, 0.717) is 6.42 Å². The molecule has 1 aromatic heterocycles. The van der Waals surface area contributed by atoms with Crippen LogP contribution in [-0.4, -0.2) is 58.3 Å². The van der Waals surface area contributed by atoms with Crippen molar-refractivity contribution in [3.63, 3.8) is 0 Å². The third-order valence-corrected chi connectivity index (χ3v) is 17.6. The zero-order valence-electron chi connectivity index (χ0n) is 27.1. The van der Waals surface area contributed by atoms with E-state index in [9.17, 15) is 4.79 Å². The number of pyridine rings is 1. The maximum Gasteiger partial charge on any atom is 0.330 e. The number of carbonyl (C=O) groups excluding carboxylic acids is 1. The monoisotopic (exact) mass is 593 g/mol. The van der Waals surface area contributed by atoms with Crippen molar-refractivity contribution < 1.29 is 27.9 Å². The van der Waals surface area contributed by atoms with Gasteiger partial charge in [-0.15, -0.1) is 0 Å². The summed E-state index contributed by atoms with van der Waals surface area (Å²) in [5, 5.41) is 0.182. The van der Waals surface area contributed by atoms with Gasteiger partial charge in [0.05, 0.1) is 24.4 Å². The highest BCUT2D eigenvalue weighted by Gasteiger charge is 2.48. The summed E-state index contributed by atoms with van der Waals surface area (Å²) in [5.41, 5.74) is 0.861. The van der Waals surface area contributed by atoms with Crippen molar-refractivity contribution in [3.8, 4) is 0 Å². The number of hydrogen-bond donors (Lipinski definition) is 0. The minimum Gasteiger partial charge on any atom is -0.458 e. The maximum absolute atomic E-state index is 12.1. The molecule has 2 rings (SSSR count). The lowest BCUT2D eigenvalue weighted by Gasteiger charge is -2.48. The number of nitrogens with zero attached hydrogens (tertiary/aromatic N) is 1. The zero-order valence-corrected chi connectivity index (χ0v) is 29.1. The normalized spacial score (nSPS) is 23.8. The Kier molecular flexibility index (Phi) is 12.4. The molecule has 1 aliphatic heterocycles. The van der Waals surface area contributed by atoms with E-state index in [2.05, 4.69) is 79.6 Å². The van der Waals surface area contributed by atoms with Crippen LogP contribution >= 0.6 is 0 Å². The minimum atomic E-state index is -2.08. The highest BCUT2D eigenvalue weighted by Crippen LogP contribution is 2.42. The molecule has 1 aromatic rings. The molecular weight excluding hydrogens is 539 g/mol. The number of hydrogen-bond acceptors (Lipinski definition) is 7. The second-order valence-corrected chi connectivity index (χ2v) is 23.7. The Balaban J connectivity index is 2.00. The van der Waals surface area contributed by atoms with Crippen LogP contribution in [0.25, 0.3) is 0 Å². The predicted octanol–water partition coefficient (Wildman–Crippen LogP) is 7.78. The molecule has 0 bridgehead atoms. The maximum atomic E-state index is 12.1. The Morgan fingerprint density at radius 2 is 1.68 bits per heavy atom. The van der Waals surface area contributed by atoms with Crippen molar-refractivity contribution >= 4 is 22.6 Å². The number of rotatable bonds is 12. The molecule has 0 saturated carbocycles. The Bertz CT molecular complexity index is 955. The minimum absolute atomic E-state index is 0.0357. The van der Waals surface area contributed by atoms with Crippen LogP contribution in [0.15, 0.2) is 36.7 Å². The number of aromatic nitrogens is 1. The smallest absolute Gasteiger partial charge is 0.330 e. The molecule has 0 aromatic carbocycles. The second-order valence-electron chi connectivity index (χ2n) is 14.2. The molecule has 0 amide bonds. The van der Waals surface area contributed by atoms with Crippen LogP contribution in [0.5, 0.6) is 0 Å². The highest BCUT2D eigenvalue weighted by atomic mass is 28.4. The summed E-state index contributed by atoms with van der Waals surface area (Å²) in [5.74, 6) is -0.363. The Hall–Kier alpha value is -1.37. The van der Waals surface area contributed by atoms with Gasteiger partial charge < -0.3 is 23.1 Å². The fourth-order valence-electron chi connectivity index (χ4n) is 3.89. The number of allylic oxidation sites excluding steroid dienone is 1. The zero-order chi connectivity index (χ0) is 30.4. The quantitative estimate of drug-likeness (QED) is 0.139. The molecule has 1 aliphatic rings. The molecule has 1 saturated heterocycles. The molecule has 0 aliphatic carbocycles. The number of carbonyl (C=O) groups is 1. The first-order chi connectivity index (χ1) is 18.3. The second kappa shape index (κ2) is 14.2. The van der Waals surface area contributed by atoms with Gasteiger partial charge in [-0.05, 0) is 69.0 Å². The molecular formula is C31H55NO6Si2. The topological polar surface area (TPSA) is 76.1 Å². The van der Waals surface area contributed by atoms with Crippen molar-refractivity contribution in [2.45, 2.75) is 148 Å². The first-order valence-corrected chi connectivity index (χ1v) is 20.5. The summed E-state index contributed by atoms with van der Waals surface area (Å²) in [6.45, 7) is 27.0. The van der Waals surface area contributed by atoms with E-state index >= 15 is 0 Å². The van der Waals surface area contributed by atoms with Crippen LogP contribution in [-0.2, 0) is 34.5 Å². The lowest BCUT2D eigenvalue weighted by Crippen LogP contribution is -2.57. The van der Waals surface area contributed by atoms with Crippen molar-refractivity contribution in [2.24, 2.45) is 0 Å². The molecule has 228 valence electrons. The average molecular weight is 594 g/mol. The summed E-state index contributed by atoms with van der Waals surface area (Å²) < 4.78 is 32.0. The summed E-state index contributed by atoms with van der Waals surface area (Å²) in [7, 11) is -4.06. The lowest BCUT2D eigenvalue weighted by atomic mass is 10.0. The molecule has 2 heterocycles. The van der Waals surface area contributed by atoms with Crippen LogP contribution in [0, 0.1) is 0 Å². The van der Waals surface area contributed by atoms with Gasteiger partial charge in [-0.1, -0.05) is 53.7 Å². The molecule has 1 unspecified atom stereocenters. The van der Waals surface area contributed by atoms with E-state index < -0.39 is 22.9 Å². The molecule has 9 heteroatoms. The fourth-order valence-corrected chi connectivity index (χ4v) is 6.61. The van der Waals surface area contributed by atoms with Gasteiger partial charge >= 0.3 is 5.97 Å². The van der Waals surface area contributed by atoms with E-state index in [4.69, 9.17) is 23.1 Å². The number of esters is 1. The summed E-state index contributed by atoms with van der Waals surface area (Å²) in [4.78, 5) is 16.1. The van der Waals surface area contributed by atoms with Gasteiger partial charge in [0.2, 0.25) is 0 Å². The predicted molar refractivity (Wildman–Crippen MR) is 166 cm³/mol. The molecule has 5 atom stereocenters. The summed E-state index contributed by atoms with van der Waals surface area (Å²) in [6, 6.07) is 3.70. The third-order valence-electron chi connectivity index (χ3n) is 8.61. The number of ether oxygens (including phenoxy) is 3. The van der Waals surface area contributed by atoms with Gasteiger partial charge in [-0.2, -0.15) is 0 Å². The van der Waals surface area contributed by atoms with Gasteiger partial charge in [-0.3, -0.25) is 4.98 Å². The van der Waals surface area contributed by atoms with Gasteiger partial charge in [0, 0.05) is 30.5 Å². The highest BCUT2D eigenvalue weighted by molar-refractivity contribution is 6.74. The Morgan fingerprint density at radius 3 is 2.23 bits per heavy atom. The van der Waals surface area contributed by atoms with E-state index in [1.54, 1.807) is 12.4 Å². The van der Waals surface area contributed by atoms with Crippen molar-refractivity contribution in [1.82, 2.24) is 4.98 Å². The van der Waals surface area contributed by atoms with Gasteiger partial charge in [0.25, 0.3) is 0 Å². The molecule has 7 nitrogen and oxygen atoms in total. The average Bonchev–Trinajstić information content (AvgIpc) is 2.82. The van der Waals surface area contributed by atoms with Crippen molar-refractivity contribution in [1.29, 1.82) is 0 Å². The van der Waals surface area contributed by atoms with Crippen LogP contribution in [0.3, 0.4) is 0 Å². The molecule has 0 spiro atoms. The standard InChI is InChI=1S/C31H55NO6Si2/c1-23(16-13-14-18-28(33)34-22-25-17-15-19-32-21-25)35-29-27(38-40(11,12)31(6,7)8)20-26(24(2)36-29)37-39(9,10)30(3,4)5/h14-15,17-19,21,23-24,26-27,29H,13,16,20,22H2,1-12H3/b18-14+/t23?,24-,26+,27+,29+/m0/s1. The van der Waals surface area contributed by atoms with E-state index in [1.165, 1.54) is 6.08 Å². The molecule has 1 fully saturated rings. The first-order valence-electron chi connectivity index (χ1n) is 14.7. The van der Waals surface area contributed by atoms with E-state index in [-0.39, 0.29) is 47.1 Å². The molecule has 40 heavy (non-hydrogen) atoms. The first kappa shape index (κ1) is 34.8. The largest absolute Gasteiger partial charge is 0.458 e. The van der Waals surface area contributed by atoms with Crippen LogP contribution in [0.4, 0.5) is 0 Å². The van der Waals surface area contributed by atoms with E-state index in [1.807, 2.05) is 25.1 Å². The van der Waals surface area contributed by atoms with Crippen molar-refractivity contribution in [2.75, 3.05) is 0 Å². The van der Waals surface area contributed by atoms with Crippen LogP contribution in [0.1, 0.15) is 80.2 Å². The fraction of sp³-hybridized carbons (Fsp3) is 0.742. The summed E-state index contributed by atoms with van der Waals surface area (Å²) >= 11 is 0. The Morgan fingerprint density at radius 1 is 1.07 bits per heavy atom. The molecule has 0 N–H and O–H groups in total. The molecule has 0 radical (unpaired) electrons. The van der Waals surface area contributed by atoms with E-state index in [0.717, 1.165) is 18.4 Å². The SMILES string of the molecule is CC(CC/C=C/C(=O)OCc1cccnc1)O[C@@H]1O[C@@H](C)[C@H](O[Si](C)(C)C(C)(C)C)C[C@H]1O[Si](C)(C)C(C)(C)C.